The molecule has 0 saturated heterocycles. The number of nitrogens with zero attached hydrogens (tertiary/aromatic N) is 1. The Balaban J connectivity index is 3.00. The van der Waals surface area contributed by atoms with Crippen LogP contribution in [0.2, 0.25) is 0 Å². The van der Waals surface area contributed by atoms with Crippen molar-refractivity contribution in [2.75, 3.05) is 20.2 Å². The van der Waals surface area contributed by atoms with Gasteiger partial charge < -0.3 is 9.64 Å². The predicted octanol–water partition coefficient (Wildman–Crippen LogP) is 1.94. The smallest absolute Gasteiger partial charge is 0.325 e. The van der Waals surface area contributed by atoms with E-state index in [1.165, 1.54) is 12.0 Å². The maximum absolute atomic E-state index is 12.4. The van der Waals surface area contributed by atoms with Gasteiger partial charge in [0, 0.05) is 12.1 Å². The fourth-order valence-electron chi connectivity index (χ4n) is 1.86. The molecule has 0 saturated carbocycles. The number of hydrogen-bond acceptors (Lipinski definition) is 3. The SMILES string of the molecule is CCN(CC(=O)OC)C(=O)c1c(C)cccc1C. The molecule has 0 aromatic heterocycles. The number of carbonyl (C=O) groups is 2. The maximum Gasteiger partial charge on any atom is 0.325 e. The van der Waals surface area contributed by atoms with Crippen LogP contribution >= 0.6 is 0 Å². The lowest BCUT2D eigenvalue weighted by Crippen LogP contribution is -2.36. The van der Waals surface area contributed by atoms with E-state index in [1.54, 1.807) is 0 Å². The number of ether oxygens (including phenoxy) is 1. The highest BCUT2D eigenvalue weighted by molar-refractivity contribution is 5.98. The van der Waals surface area contributed by atoms with Crippen molar-refractivity contribution in [3.05, 3.63) is 34.9 Å². The van der Waals surface area contributed by atoms with Crippen molar-refractivity contribution in [3.8, 4) is 0 Å². The van der Waals surface area contributed by atoms with Crippen LogP contribution in [0.4, 0.5) is 0 Å². The molecule has 0 unspecified atom stereocenters. The summed E-state index contributed by atoms with van der Waals surface area (Å²) in [7, 11) is 1.32. The van der Waals surface area contributed by atoms with Crippen LogP contribution in [0.1, 0.15) is 28.4 Å². The molecule has 1 rings (SSSR count). The monoisotopic (exact) mass is 249 g/mol. The lowest BCUT2D eigenvalue weighted by atomic mass is 10.0. The number of rotatable bonds is 4. The zero-order chi connectivity index (χ0) is 13.7. The first-order valence-corrected chi connectivity index (χ1v) is 5.93. The summed E-state index contributed by atoms with van der Waals surface area (Å²) in [6.07, 6.45) is 0. The molecule has 98 valence electrons. The molecule has 0 aliphatic carbocycles. The molecule has 0 aliphatic heterocycles. The van der Waals surface area contributed by atoms with E-state index >= 15 is 0 Å². The minimum atomic E-state index is -0.406. The van der Waals surface area contributed by atoms with Gasteiger partial charge in [-0.15, -0.1) is 0 Å². The Kier molecular flexibility index (Phi) is 4.89. The van der Waals surface area contributed by atoms with Crippen LogP contribution < -0.4 is 0 Å². The van der Waals surface area contributed by atoms with Crippen LogP contribution in [0.3, 0.4) is 0 Å². The summed E-state index contributed by atoms with van der Waals surface area (Å²) in [5.74, 6) is -0.532. The second-order valence-electron chi connectivity index (χ2n) is 4.16. The van der Waals surface area contributed by atoms with Gasteiger partial charge in [0.25, 0.3) is 5.91 Å². The summed E-state index contributed by atoms with van der Waals surface area (Å²) in [4.78, 5) is 25.1. The van der Waals surface area contributed by atoms with Gasteiger partial charge >= 0.3 is 5.97 Å². The van der Waals surface area contributed by atoms with Crippen LogP contribution in [-0.4, -0.2) is 37.0 Å². The number of aryl methyl sites for hydroxylation is 2. The molecule has 0 bridgehead atoms. The number of amides is 1. The minimum absolute atomic E-state index is 0.0143. The van der Waals surface area contributed by atoms with Gasteiger partial charge in [-0.1, -0.05) is 18.2 Å². The van der Waals surface area contributed by atoms with E-state index in [0.717, 1.165) is 11.1 Å². The normalized spacial score (nSPS) is 10.0. The Hall–Kier alpha value is -1.84. The van der Waals surface area contributed by atoms with Crippen LogP contribution in [0, 0.1) is 13.8 Å². The standard InChI is InChI=1S/C14H19NO3/c1-5-15(9-12(16)18-4)14(17)13-10(2)7-6-8-11(13)3/h6-8H,5,9H2,1-4H3. The molecule has 18 heavy (non-hydrogen) atoms. The summed E-state index contributed by atoms with van der Waals surface area (Å²) >= 11 is 0. The molecule has 1 aromatic carbocycles. The molecule has 0 spiro atoms. The summed E-state index contributed by atoms with van der Waals surface area (Å²) in [6, 6.07) is 5.70. The second kappa shape index (κ2) is 6.19. The first-order valence-electron chi connectivity index (χ1n) is 5.93. The first-order chi connectivity index (χ1) is 8.51. The molecule has 1 aromatic rings. The highest BCUT2D eigenvalue weighted by Gasteiger charge is 2.20. The van der Waals surface area contributed by atoms with E-state index in [9.17, 15) is 9.59 Å². The van der Waals surface area contributed by atoms with Crippen LogP contribution in [0.15, 0.2) is 18.2 Å². The summed E-state index contributed by atoms with van der Waals surface area (Å²) in [5, 5.41) is 0. The van der Waals surface area contributed by atoms with Crippen molar-refractivity contribution in [1.29, 1.82) is 0 Å². The van der Waals surface area contributed by atoms with Gasteiger partial charge in [-0.3, -0.25) is 9.59 Å². The van der Waals surface area contributed by atoms with E-state index in [1.807, 2.05) is 39.0 Å². The molecular weight excluding hydrogens is 230 g/mol. The van der Waals surface area contributed by atoms with Gasteiger partial charge in [-0.05, 0) is 31.9 Å². The second-order valence-corrected chi connectivity index (χ2v) is 4.16. The van der Waals surface area contributed by atoms with Crippen LogP contribution in [0.5, 0.6) is 0 Å². The van der Waals surface area contributed by atoms with Crippen LogP contribution in [-0.2, 0) is 9.53 Å². The number of esters is 1. The Morgan fingerprint density at radius 3 is 2.22 bits per heavy atom. The van der Waals surface area contributed by atoms with Crippen molar-refractivity contribution in [2.45, 2.75) is 20.8 Å². The largest absolute Gasteiger partial charge is 0.468 e. The van der Waals surface area contributed by atoms with Gasteiger partial charge in [0.05, 0.1) is 7.11 Å². The fraction of sp³-hybridized carbons (Fsp3) is 0.429. The summed E-state index contributed by atoms with van der Waals surface area (Å²) in [5.41, 5.74) is 2.51. The molecule has 0 atom stereocenters. The molecule has 4 heteroatoms. The number of likely N-dealkylation sites (N-methyl/N-ethyl adjacent to an activating group) is 1. The van der Waals surface area contributed by atoms with Gasteiger partial charge in [0.2, 0.25) is 0 Å². The zero-order valence-electron chi connectivity index (χ0n) is 11.3. The minimum Gasteiger partial charge on any atom is -0.468 e. The van der Waals surface area contributed by atoms with Gasteiger partial charge in [0.15, 0.2) is 0 Å². The van der Waals surface area contributed by atoms with E-state index in [0.29, 0.717) is 12.1 Å². The van der Waals surface area contributed by atoms with Crippen molar-refractivity contribution in [2.24, 2.45) is 0 Å². The highest BCUT2D eigenvalue weighted by Crippen LogP contribution is 2.15. The fourth-order valence-corrected chi connectivity index (χ4v) is 1.86. The van der Waals surface area contributed by atoms with Crippen molar-refractivity contribution in [3.63, 3.8) is 0 Å². The van der Waals surface area contributed by atoms with E-state index in [2.05, 4.69) is 4.74 Å². The third-order valence-corrected chi connectivity index (χ3v) is 2.91. The van der Waals surface area contributed by atoms with E-state index in [-0.39, 0.29) is 12.5 Å². The quantitative estimate of drug-likeness (QED) is 0.766. The lowest BCUT2D eigenvalue weighted by Gasteiger charge is -2.21. The van der Waals surface area contributed by atoms with Gasteiger partial charge in [-0.25, -0.2) is 0 Å². The molecule has 4 nitrogen and oxygen atoms in total. The van der Waals surface area contributed by atoms with Gasteiger partial charge in [0.1, 0.15) is 6.54 Å². The molecule has 0 N–H and O–H groups in total. The van der Waals surface area contributed by atoms with Crippen LogP contribution in [0.25, 0.3) is 0 Å². The average molecular weight is 249 g/mol. The Morgan fingerprint density at radius 1 is 1.22 bits per heavy atom. The molecule has 0 fully saturated rings. The highest BCUT2D eigenvalue weighted by atomic mass is 16.5. The molecule has 0 aliphatic rings. The first kappa shape index (κ1) is 14.2. The van der Waals surface area contributed by atoms with Crippen molar-refractivity contribution < 1.29 is 14.3 Å². The molecule has 0 radical (unpaired) electrons. The Morgan fingerprint density at radius 2 is 1.78 bits per heavy atom. The van der Waals surface area contributed by atoms with Crippen molar-refractivity contribution >= 4 is 11.9 Å². The Bertz CT molecular complexity index is 434. The molecule has 1 amide bonds. The zero-order valence-corrected chi connectivity index (χ0v) is 11.3. The number of hydrogen-bond donors (Lipinski definition) is 0. The van der Waals surface area contributed by atoms with E-state index in [4.69, 9.17) is 0 Å². The predicted molar refractivity (Wildman–Crippen MR) is 69.5 cm³/mol. The number of methoxy groups -OCH3 is 1. The summed E-state index contributed by atoms with van der Waals surface area (Å²) < 4.78 is 4.60. The Labute approximate surface area is 108 Å². The maximum atomic E-state index is 12.4. The third-order valence-electron chi connectivity index (χ3n) is 2.91. The lowest BCUT2D eigenvalue weighted by molar-refractivity contribution is -0.141. The van der Waals surface area contributed by atoms with Gasteiger partial charge in [-0.2, -0.15) is 0 Å². The average Bonchev–Trinajstić information content (AvgIpc) is 2.35. The molecule has 0 heterocycles. The summed E-state index contributed by atoms with van der Waals surface area (Å²) in [6.45, 7) is 6.09. The third kappa shape index (κ3) is 3.09. The van der Waals surface area contributed by atoms with E-state index < -0.39 is 5.97 Å². The number of benzene rings is 1. The number of carbonyl (C=O) groups excluding carboxylic acids is 2. The van der Waals surface area contributed by atoms with Crippen molar-refractivity contribution in [1.82, 2.24) is 4.90 Å². The topological polar surface area (TPSA) is 46.6 Å². The molecular formula is C14H19NO3.